The maximum absolute atomic E-state index is 11.9. The van der Waals surface area contributed by atoms with Crippen LogP contribution in [0.5, 0.6) is 0 Å². The maximum Gasteiger partial charge on any atom is 0.225 e. The molecule has 1 aliphatic heterocycles. The molecule has 2 atom stereocenters. The number of rotatable bonds is 5. The highest BCUT2D eigenvalue weighted by Gasteiger charge is 2.24. The van der Waals surface area contributed by atoms with Crippen molar-refractivity contribution in [2.75, 3.05) is 37.3 Å². The average Bonchev–Trinajstić information content (AvgIpc) is 2.44. The predicted molar refractivity (Wildman–Crippen MR) is 82.0 cm³/mol. The molecule has 1 aliphatic rings. The van der Waals surface area contributed by atoms with Gasteiger partial charge >= 0.3 is 0 Å². The number of aliphatic hydroxyl groups excluding tert-OH is 1. The number of hydrogen-bond donors (Lipinski definition) is 3. The maximum atomic E-state index is 11.9. The van der Waals surface area contributed by atoms with Crippen molar-refractivity contribution < 1.29 is 14.6 Å². The van der Waals surface area contributed by atoms with Crippen molar-refractivity contribution in [3.8, 4) is 0 Å². The summed E-state index contributed by atoms with van der Waals surface area (Å²) < 4.78 is 5.58. The van der Waals surface area contributed by atoms with Crippen LogP contribution in [0, 0.1) is 0 Å². The van der Waals surface area contributed by atoms with Gasteiger partial charge in [-0.15, -0.1) is 0 Å². The number of nitrogens with two attached hydrogens (primary N) is 1. The summed E-state index contributed by atoms with van der Waals surface area (Å²) in [5.74, 6) is -0.0414. The van der Waals surface area contributed by atoms with Crippen LogP contribution < -0.4 is 11.1 Å². The van der Waals surface area contributed by atoms with Gasteiger partial charge in [0.2, 0.25) is 5.91 Å². The number of benzene rings is 1. The number of nitrogens with one attached hydrogen (secondary N) is 1. The molecular weight excluding hydrogens is 270 g/mol. The average molecular weight is 293 g/mol. The van der Waals surface area contributed by atoms with E-state index >= 15 is 0 Å². The number of nitrogens with zero attached hydrogens (tertiary/aromatic N) is 1. The van der Waals surface area contributed by atoms with Crippen molar-refractivity contribution >= 4 is 17.3 Å². The quantitative estimate of drug-likeness (QED) is 0.695. The number of anilines is 2. The van der Waals surface area contributed by atoms with E-state index in [1.165, 1.54) is 0 Å². The molecule has 2 rings (SSSR count). The lowest BCUT2D eigenvalue weighted by Gasteiger charge is -2.35. The fourth-order valence-electron chi connectivity index (χ4n) is 2.52. The fraction of sp³-hybridized carbons (Fsp3) is 0.533. The zero-order valence-electron chi connectivity index (χ0n) is 12.3. The van der Waals surface area contributed by atoms with Gasteiger partial charge in [-0.25, -0.2) is 0 Å². The SMILES string of the molecule is CC1CN(CCC(=O)Nc2cccc(N)c2)CC(CO)O1. The molecule has 1 aromatic rings. The molecule has 6 heteroatoms. The minimum Gasteiger partial charge on any atom is -0.399 e. The topological polar surface area (TPSA) is 87.8 Å². The Balaban J connectivity index is 1.78. The van der Waals surface area contributed by atoms with Gasteiger partial charge in [-0.2, -0.15) is 0 Å². The molecule has 21 heavy (non-hydrogen) atoms. The molecule has 1 aromatic carbocycles. The summed E-state index contributed by atoms with van der Waals surface area (Å²) in [5.41, 5.74) is 7.01. The lowest BCUT2D eigenvalue weighted by Crippen LogP contribution is -2.48. The first-order valence-corrected chi connectivity index (χ1v) is 7.21. The van der Waals surface area contributed by atoms with Crippen LogP contribution in [0.2, 0.25) is 0 Å². The first-order chi connectivity index (χ1) is 10.1. The fourth-order valence-corrected chi connectivity index (χ4v) is 2.52. The Labute approximate surface area is 124 Å². The van der Waals surface area contributed by atoms with Gasteiger partial charge in [-0.1, -0.05) is 6.07 Å². The van der Waals surface area contributed by atoms with Gasteiger partial charge in [0, 0.05) is 37.4 Å². The van der Waals surface area contributed by atoms with Crippen LogP contribution in [0.15, 0.2) is 24.3 Å². The van der Waals surface area contributed by atoms with Crippen molar-refractivity contribution in [1.29, 1.82) is 0 Å². The summed E-state index contributed by atoms with van der Waals surface area (Å²) >= 11 is 0. The van der Waals surface area contributed by atoms with E-state index in [4.69, 9.17) is 10.5 Å². The van der Waals surface area contributed by atoms with Gasteiger partial charge in [0.25, 0.3) is 0 Å². The van der Waals surface area contributed by atoms with Gasteiger partial charge in [-0.3, -0.25) is 9.69 Å². The zero-order chi connectivity index (χ0) is 15.2. The number of nitrogen functional groups attached to an aromatic ring is 1. The van der Waals surface area contributed by atoms with Crippen LogP contribution in [0.1, 0.15) is 13.3 Å². The Morgan fingerprint density at radius 1 is 1.52 bits per heavy atom. The van der Waals surface area contributed by atoms with Crippen molar-refractivity contribution in [1.82, 2.24) is 4.90 Å². The van der Waals surface area contributed by atoms with Gasteiger partial charge in [0.15, 0.2) is 0 Å². The zero-order valence-corrected chi connectivity index (χ0v) is 12.3. The Bertz CT molecular complexity index is 481. The molecule has 6 nitrogen and oxygen atoms in total. The number of morpholine rings is 1. The van der Waals surface area contributed by atoms with Crippen LogP contribution in [0.4, 0.5) is 11.4 Å². The summed E-state index contributed by atoms with van der Waals surface area (Å²) in [4.78, 5) is 14.1. The molecule has 0 bridgehead atoms. The third-order valence-corrected chi connectivity index (χ3v) is 3.43. The third kappa shape index (κ3) is 5.00. The molecule has 1 amide bonds. The number of hydrogen-bond acceptors (Lipinski definition) is 5. The summed E-state index contributed by atoms with van der Waals surface area (Å²) in [6.45, 7) is 4.07. The van der Waals surface area contributed by atoms with Gasteiger partial charge in [0.05, 0.1) is 18.8 Å². The van der Waals surface area contributed by atoms with Crippen LogP contribution in [0.25, 0.3) is 0 Å². The lowest BCUT2D eigenvalue weighted by molar-refractivity contribution is -0.118. The molecule has 4 N–H and O–H groups in total. The first-order valence-electron chi connectivity index (χ1n) is 7.21. The monoisotopic (exact) mass is 293 g/mol. The summed E-state index contributed by atoms with van der Waals surface area (Å²) in [6.07, 6.45) is 0.318. The molecule has 2 unspecified atom stereocenters. The van der Waals surface area contributed by atoms with E-state index < -0.39 is 0 Å². The summed E-state index contributed by atoms with van der Waals surface area (Å²) in [7, 11) is 0. The van der Waals surface area contributed by atoms with Gasteiger partial charge < -0.3 is 20.9 Å². The number of carbonyl (C=O) groups is 1. The van der Waals surface area contributed by atoms with Crippen LogP contribution in [-0.2, 0) is 9.53 Å². The van der Waals surface area contributed by atoms with Crippen LogP contribution in [0.3, 0.4) is 0 Å². The normalized spacial score (nSPS) is 23.0. The number of carbonyl (C=O) groups excluding carboxylic acids is 1. The van der Waals surface area contributed by atoms with E-state index in [1.807, 2.05) is 13.0 Å². The van der Waals surface area contributed by atoms with E-state index in [0.717, 1.165) is 6.54 Å². The van der Waals surface area contributed by atoms with E-state index in [-0.39, 0.29) is 24.7 Å². The van der Waals surface area contributed by atoms with Crippen LogP contribution in [-0.4, -0.2) is 54.4 Å². The highest BCUT2D eigenvalue weighted by molar-refractivity contribution is 5.91. The predicted octanol–water partition coefficient (Wildman–Crippen LogP) is 0.679. The molecule has 116 valence electrons. The third-order valence-electron chi connectivity index (χ3n) is 3.43. The van der Waals surface area contributed by atoms with E-state index in [1.54, 1.807) is 18.2 Å². The van der Waals surface area contributed by atoms with Gasteiger partial charge in [-0.05, 0) is 25.1 Å². The van der Waals surface area contributed by atoms with E-state index in [9.17, 15) is 9.90 Å². The highest BCUT2D eigenvalue weighted by atomic mass is 16.5. The second-order valence-corrected chi connectivity index (χ2v) is 5.43. The van der Waals surface area contributed by atoms with Crippen molar-refractivity contribution in [2.24, 2.45) is 0 Å². The molecule has 1 saturated heterocycles. The number of amides is 1. The summed E-state index contributed by atoms with van der Waals surface area (Å²) in [6, 6.07) is 7.13. The summed E-state index contributed by atoms with van der Waals surface area (Å²) in [5, 5.41) is 12.0. The van der Waals surface area contributed by atoms with Crippen molar-refractivity contribution in [3.05, 3.63) is 24.3 Å². The minimum atomic E-state index is -0.161. The molecule has 1 fully saturated rings. The number of ether oxygens (including phenoxy) is 1. The van der Waals surface area contributed by atoms with Crippen molar-refractivity contribution in [3.63, 3.8) is 0 Å². The Kier molecular flexibility index (Phi) is 5.55. The Morgan fingerprint density at radius 2 is 2.33 bits per heavy atom. The largest absolute Gasteiger partial charge is 0.399 e. The molecule has 1 heterocycles. The van der Waals surface area contributed by atoms with Crippen LogP contribution >= 0.6 is 0 Å². The molecule has 0 spiro atoms. The Hall–Kier alpha value is -1.63. The molecule has 0 radical (unpaired) electrons. The second-order valence-electron chi connectivity index (χ2n) is 5.43. The minimum absolute atomic E-state index is 0.0102. The van der Waals surface area contributed by atoms with Crippen molar-refractivity contribution in [2.45, 2.75) is 25.6 Å². The standard InChI is InChI=1S/C15H23N3O3/c1-11-8-18(9-14(10-19)21-11)6-5-15(20)17-13-4-2-3-12(16)7-13/h2-4,7,11,14,19H,5-6,8-10,16H2,1H3,(H,17,20). The van der Waals surface area contributed by atoms with Gasteiger partial charge in [0.1, 0.15) is 0 Å². The highest BCUT2D eigenvalue weighted by Crippen LogP contribution is 2.13. The van der Waals surface area contributed by atoms with E-state index in [2.05, 4.69) is 10.2 Å². The molecular formula is C15H23N3O3. The second kappa shape index (κ2) is 7.40. The first kappa shape index (κ1) is 15.8. The smallest absolute Gasteiger partial charge is 0.225 e. The molecule has 0 aromatic heterocycles. The van der Waals surface area contributed by atoms with E-state index in [0.29, 0.717) is 30.9 Å². The Morgan fingerprint density at radius 3 is 3.05 bits per heavy atom. The lowest BCUT2D eigenvalue weighted by atomic mass is 10.2. The molecule has 0 saturated carbocycles. The molecule has 0 aliphatic carbocycles. The number of aliphatic hydroxyl groups is 1.